The molecule has 2 heterocycles. The Hall–Kier alpha value is -1.00. The molecule has 1 aliphatic rings. The molecule has 4 atom stereocenters. The van der Waals surface area contributed by atoms with Crippen LogP contribution in [0.2, 0.25) is 0 Å². The molecule has 1 aromatic rings. The molecule has 106 valence electrons. The van der Waals surface area contributed by atoms with E-state index in [0.29, 0.717) is 4.47 Å². The van der Waals surface area contributed by atoms with Crippen molar-refractivity contribution in [3.05, 3.63) is 21.2 Å². The van der Waals surface area contributed by atoms with Crippen molar-refractivity contribution in [3.63, 3.8) is 0 Å². The zero-order valence-corrected chi connectivity index (χ0v) is 11.6. The summed E-state index contributed by atoms with van der Waals surface area (Å²) in [4.78, 5) is 15.4. The van der Waals surface area contributed by atoms with Crippen molar-refractivity contribution in [2.45, 2.75) is 24.5 Å². The number of rotatable bonds is 3. The number of nitrogens with two attached hydrogens (primary N) is 1. The van der Waals surface area contributed by atoms with Crippen LogP contribution < -0.4 is 11.4 Å². The van der Waals surface area contributed by atoms with Gasteiger partial charge in [-0.1, -0.05) is 0 Å². The summed E-state index contributed by atoms with van der Waals surface area (Å²) in [6, 6.07) is 0. The number of nitrogens with zero attached hydrogens (tertiary/aromatic N) is 2. The van der Waals surface area contributed by atoms with Crippen molar-refractivity contribution in [2.24, 2.45) is 0 Å². The van der Waals surface area contributed by atoms with Crippen LogP contribution in [-0.4, -0.2) is 51.8 Å². The number of hydrogen-bond donors (Lipinski definition) is 3. The third kappa shape index (κ3) is 2.51. The molecule has 0 unspecified atom stereocenters. The summed E-state index contributed by atoms with van der Waals surface area (Å²) in [6.45, 7) is -0.329. The van der Waals surface area contributed by atoms with E-state index in [9.17, 15) is 9.90 Å². The lowest BCUT2D eigenvalue weighted by atomic mass is 10.1. The zero-order valence-electron chi connectivity index (χ0n) is 10.1. The molecular weight excluding hydrogens is 322 g/mol. The number of ether oxygens (including phenoxy) is 2. The van der Waals surface area contributed by atoms with Crippen molar-refractivity contribution in [3.8, 4) is 0 Å². The Bertz CT molecular complexity index is 522. The maximum Gasteiger partial charge on any atom is 0.351 e. The van der Waals surface area contributed by atoms with Gasteiger partial charge >= 0.3 is 5.69 Å². The SMILES string of the molecule is CO[C@H]1[C@@H](O)[C@H](n2cc(Br)c(N)nc2=O)O[C@@H]1CO. The highest BCUT2D eigenvalue weighted by molar-refractivity contribution is 9.10. The summed E-state index contributed by atoms with van der Waals surface area (Å²) in [5.74, 6) is 0.0516. The molecule has 0 amide bonds. The maximum atomic E-state index is 11.8. The smallest absolute Gasteiger partial charge is 0.351 e. The van der Waals surface area contributed by atoms with Gasteiger partial charge in [-0.3, -0.25) is 4.57 Å². The average molecular weight is 336 g/mol. The quantitative estimate of drug-likeness (QED) is 0.638. The molecule has 0 aliphatic carbocycles. The lowest BCUT2D eigenvalue weighted by Gasteiger charge is -2.18. The van der Waals surface area contributed by atoms with E-state index < -0.39 is 30.2 Å². The number of aromatic nitrogens is 2. The van der Waals surface area contributed by atoms with Crippen LogP contribution in [0.25, 0.3) is 0 Å². The standard InChI is InChI=1S/C10H14BrN3O5/c1-18-7-5(3-15)19-9(6(7)16)14-2-4(11)8(12)13-10(14)17/h2,5-7,9,15-16H,3H2,1H3,(H2,12,13,17)/t5-,6-,7-,9-/m1/s1. The second-order valence-corrected chi connectivity index (χ2v) is 4.96. The predicted molar refractivity (Wildman–Crippen MR) is 68.4 cm³/mol. The van der Waals surface area contributed by atoms with Gasteiger partial charge < -0.3 is 25.4 Å². The lowest BCUT2D eigenvalue weighted by molar-refractivity contribution is -0.0569. The van der Waals surface area contributed by atoms with Crippen LogP contribution in [0.5, 0.6) is 0 Å². The third-order valence-corrected chi connectivity index (χ3v) is 3.58. The second-order valence-electron chi connectivity index (χ2n) is 4.10. The molecule has 0 spiro atoms. The second kappa shape index (κ2) is 5.55. The fourth-order valence-corrected chi connectivity index (χ4v) is 2.34. The lowest BCUT2D eigenvalue weighted by Crippen LogP contribution is -2.37. The van der Waals surface area contributed by atoms with Gasteiger partial charge in [0.2, 0.25) is 0 Å². The van der Waals surface area contributed by atoms with Crippen LogP contribution in [0.3, 0.4) is 0 Å². The molecule has 0 saturated carbocycles. The van der Waals surface area contributed by atoms with Crippen molar-refractivity contribution in [1.29, 1.82) is 0 Å². The first-order chi connectivity index (χ1) is 8.99. The largest absolute Gasteiger partial charge is 0.394 e. The molecule has 4 N–H and O–H groups in total. The van der Waals surface area contributed by atoms with E-state index in [1.807, 2.05) is 0 Å². The zero-order chi connectivity index (χ0) is 14.2. The fourth-order valence-electron chi connectivity index (χ4n) is 2.03. The topological polar surface area (TPSA) is 120 Å². The number of aliphatic hydroxyl groups is 2. The molecule has 1 saturated heterocycles. The monoisotopic (exact) mass is 335 g/mol. The highest BCUT2D eigenvalue weighted by Gasteiger charge is 2.45. The van der Waals surface area contributed by atoms with E-state index >= 15 is 0 Å². The first-order valence-corrected chi connectivity index (χ1v) is 6.30. The van der Waals surface area contributed by atoms with E-state index in [1.54, 1.807) is 0 Å². The van der Waals surface area contributed by atoms with Crippen LogP contribution in [0.1, 0.15) is 6.23 Å². The minimum atomic E-state index is -1.10. The number of methoxy groups -OCH3 is 1. The van der Waals surface area contributed by atoms with Gasteiger partial charge in [-0.25, -0.2) is 4.79 Å². The summed E-state index contributed by atoms with van der Waals surface area (Å²) in [6.07, 6.45) is -2.15. The summed E-state index contributed by atoms with van der Waals surface area (Å²) in [5.41, 5.74) is 4.84. The average Bonchev–Trinajstić information content (AvgIpc) is 2.70. The van der Waals surface area contributed by atoms with Crippen molar-refractivity contribution in [1.82, 2.24) is 9.55 Å². The first-order valence-electron chi connectivity index (χ1n) is 5.51. The summed E-state index contributed by atoms with van der Waals surface area (Å²) < 4.78 is 12.0. The normalized spacial score (nSPS) is 30.7. The van der Waals surface area contributed by atoms with Gasteiger partial charge in [0.25, 0.3) is 0 Å². The summed E-state index contributed by atoms with van der Waals surface area (Å²) >= 11 is 3.15. The van der Waals surface area contributed by atoms with Crippen LogP contribution in [0.4, 0.5) is 5.82 Å². The molecule has 2 rings (SSSR count). The fraction of sp³-hybridized carbons (Fsp3) is 0.600. The van der Waals surface area contributed by atoms with Gasteiger partial charge in [-0.05, 0) is 15.9 Å². The van der Waals surface area contributed by atoms with Crippen molar-refractivity contribution < 1.29 is 19.7 Å². The van der Waals surface area contributed by atoms with Crippen LogP contribution in [-0.2, 0) is 9.47 Å². The number of anilines is 1. The molecule has 8 nitrogen and oxygen atoms in total. The highest BCUT2D eigenvalue weighted by Crippen LogP contribution is 2.30. The Morgan fingerprint density at radius 3 is 2.89 bits per heavy atom. The number of aliphatic hydroxyl groups excluding tert-OH is 2. The molecule has 0 radical (unpaired) electrons. The Morgan fingerprint density at radius 1 is 1.68 bits per heavy atom. The minimum Gasteiger partial charge on any atom is -0.394 e. The Morgan fingerprint density at radius 2 is 2.37 bits per heavy atom. The molecule has 0 aromatic carbocycles. The maximum absolute atomic E-state index is 11.8. The predicted octanol–water partition coefficient (Wildman–Crippen LogP) is -1.15. The molecule has 1 aromatic heterocycles. The third-order valence-electron chi connectivity index (χ3n) is 2.97. The van der Waals surface area contributed by atoms with E-state index in [4.69, 9.17) is 20.3 Å². The summed E-state index contributed by atoms with van der Waals surface area (Å²) in [7, 11) is 1.39. The van der Waals surface area contributed by atoms with Crippen molar-refractivity contribution in [2.75, 3.05) is 19.5 Å². The van der Waals surface area contributed by atoms with Crippen LogP contribution in [0, 0.1) is 0 Å². The Labute approximate surface area is 116 Å². The van der Waals surface area contributed by atoms with Gasteiger partial charge in [0.15, 0.2) is 6.23 Å². The first kappa shape index (κ1) is 14.4. The Kier molecular flexibility index (Phi) is 4.21. The Balaban J connectivity index is 2.38. The number of nitrogen functional groups attached to an aromatic ring is 1. The van der Waals surface area contributed by atoms with Gasteiger partial charge in [-0.15, -0.1) is 0 Å². The molecular formula is C10H14BrN3O5. The van der Waals surface area contributed by atoms with Crippen LogP contribution in [0.15, 0.2) is 15.5 Å². The highest BCUT2D eigenvalue weighted by atomic mass is 79.9. The minimum absolute atomic E-state index is 0.0516. The van der Waals surface area contributed by atoms with E-state index in [1.165, 1.54) is 13.3 Å². The van der Waals surface area contributed by atoms with Crippen LogP contribution >= 0.6 is 15.9 Å². The van der Waals surface area contributed by atoms with Gasteiger partial charge in [0, 0.05) is 13.3 Å². The number of halogens is 1. The molecule has 1 aliphatic heterocycles. The number of hydrogen-bond acceptors (Lipinski definition) is 7. The molecule has 19 heavy (non-hydrogen) atoms. The molecule has 9 heteroatoms. The molecule has 1 fully saturated rings. The van der Waals surface area contributed by atoms with Gasteiger partial charge in [0.05, 0.1) is 11.1 Å². The van der Waals surface area contributed by atoms with E-state index in [0.717, 1.165) is 4.57 Å². The van der Waals surface area contributed by atoms with E-state index in [2.05, 4.69) is 20.9 Å². The van der Waals surface area contributed by atoms with Gasteiger partial charge in [-0.2, -0.15) is 4.98 Å². The van der Waals surface area contributed by atoms with Gasteiger partial charge in [0.1, 0.15) is 24.1 Å². The van der Waals surface area contributed by atoms with E-state index in [-0.39, 0.29) is 12.4 Å². The molecule has 0 bridgehead atoms. The summed E-state index contributed by atoms with van der Waals surface area (Å²) in [5, 5.41) is 19.3. The van der Waals surface area contributed by atoms with Crippen molar-refractivity contribution >= 4 is 21.7 Å².